The standard InChI is InChI=1S/C12H22N2O/c1-12(2)7-5-9-14(12)11(15)10-6-3-4-8-13-10/h10,13H,3-9H2,1-2H3/t10-/m0/s1. The van der Waals surface area contributed by atoms with Gasteiger partial charge in [-0.3, -0.25) is 4.79 Å². The van der Waals surface area contributed by atoms with Gasteiger partial charge in [0.15, 0.2) is 0 Å². The predicted molar refractivity (Wildman–Crippen MR) is 60.7 cm³/mol. The van der Waals surface area contributed by atoms with Crippen LogP contribution in [0.15, 0.2) is 0 Å². The molecule has 2 aliphatic rings. The van der Waals surface area contributed by atoms with Crippen molar-refractivity contribution in [3.63, 3.8) is 0 Å². The minimum Gasteiger partial charge on any atom is -0.336 e. The van der Waals surface area contributed by atoms with E-state index in [1.165, 1.54) is 12.8 Å². The number of amides is 1. The SMILES string of the molecule is CC1(C)CCCN1C(=O)[C@@H]1CCCCN1. The van der Waals surface area contributed by atoms with Crippen molar-refractivity contribution in [3.05, 3.63) is 0 Å². The summed E-state index contributed by atoms with van der Waals surface area (Å²) >= 11 is 0. The first-order valence-corrected chi connectivity index (χ1v) is 6.16. The van der Waals surface area contributed by atoms with Gasteiger partial charge in [0.1, 0.15) is 0 Å². The lowest BCUT2D eigenvalue weighted by atomic mass is 9.99. The van der Waals surface area contributed by atoms with Gasteiger partial charge in [0, 0.05) is 12.1 Å². The Kier molecular flexibility index (Phi) is 3.01. The molecule has 0 radical (unpaired) electrons. The zero-order valence-corrected chi connectivity index (χ0v) is 9.88. The highest BCUT2D eigenvalue weighted by Gasteiger charge is 2.38. The van der Waals surface area contributed by atoms with Crippen LogP contribution in [-0.2, 0) is 4.79 Å². The van der Waals surface area contributed by atoms with Gasteiger partial charge in [-0.15, -0.1) is 0 Å². The fourth-order valence-corrected chi connectivity index (χ4v) is 2.77. The van der Waals surface area contributed by atoms with Crippen molar-refractivity contribution in [2.75, 3.05) is 13.1 Å². The van der Waals surface area contributed by atoms with E-state index in [1.54, 1.807) is 0 Å². The van der Waals surface area contributed by atoms with Gasteiger partial charge >= 0.3 is 0 Å². The Bertz CT molecular complexity index is 244. The number of hydrogen-bond donors (Lipinski definition) is 1. The van der Waals surface area contributed by atoms with Gasteiger partial charge in [0.2, 0.25) is 5.91 Å². The van der Waals surface area contributed by atoms with Crippen molar-refractivity contribution in [1.82, 2.24) is 10.2 Å². The summed E-state index contributed by atoms with van der Waals surface area (Å²) in [6.07, 6.45) is 5.73. The van der Waals surface area contributed by atoms with E-state index in [1.807, 2.05) is 0 Å². The van der Waals surface area contributed by atoms with Crippen molar-refractivity contribution in [3.8, 4) is 0 Å². The highest BCUT2D eigenvalue weighted by Crippen LogP contribution is 2.29. The summed E-state index contributed by atoms with van der Waals surface area (Å²) in [5.41, 5.74) is 0.0796. The number of carbonyl (C=O) groups is 1. The highest BCUT2D eigenvalue weighted by molar-refractivity contribution is 5.83. The first-order chi connectivity index (χ1) is 7.11. The summed E-state index contributed by atoms with van der Waals surface area (Å²) in [7, 11) is 0. The Morgan fingerprint density at radius 1 is 1.33 bits per heavy atom. The Morgan fingerprint density at radius 3 is 2.67 bits per heavy atom. The number of nitrogens with one attached hydrogen (secondary N) is 1. The summed E-state index contributed by atoms with van der Waals surface area (Å²) in [4.78, 5) is 14.4. The van der Waals surface area contributed by atoms with E-state index in [4.69, 9.17) is 0 Å². The maximum Gasteiger partial charge on any atom is 0.240 e. The molecule has 2 aliphatic heterocycles. The molecule has 2 fully saturated rings. The van der Waals surface area contributed by atoms with Gasteiger partial charge in [-0.25, -0.2) is 0 Å². The van der Waals surface area contributed by atoms with E-state index in [2.05, 4.69) is 24.1 Å². The second-order valence-electron chi connectivity index (χ2n) is 5.41. The van der Waals surface area contributed by atoms with Crippen molar-refractivity contribution < 1.29 is 4.79 Å². The van der Waals surface area contributed by atoms with Gasteiger partial charge in [-0.1, -0.05) is 6.42 Å². The van der Waals surface area contributed by atoms with Crippen LogP contribution in [0.3, 0.4) is 0 Å². The molecule has 86 valence electrons. The topological polar surface area (TPSA) is 32.3 Å². The molecule has 2 rings (SSSR count). The van der Waals surface area contributed by atoms with Gasteiger partial charge < -0.3 is 10.2 Å². The lowest BCUT2D eigenvalue weighted by molar-refractivity contribution is -0.137. The van der Waals surface area contributed by atoms with E-state index < -0.39 is 0 Å². The van der Waals surface area contributed by atoms with E-state index in [9.17, 15) is 4.79 Å². The number of hydrogen-bond acceptors (Lipinski definition) is 2. The Hall–Kier alpha value is -0.570. The van der Waals surface area contributed by atoms with Gasteiger partial charge in [0.05, 0.1) is 6.04 Å². The monoisotopic (exact) mass is 210 g/mol. The molecular formula is C12H22N2O. The van der Waals surface area contributed by atoms with E-state index in [0.29, 0.717) is 5.91 Å². The average molecular weight is 210 g/mol. The van der Waals surface area contributed by atoms with Crippen LogP contribution in [0, 0.1) is 0 Å². The van der Waals surface area contributed by atoms with Crippen LogP contribution in [0.25, 0.3) is 0 Å². The molecule has 3 nitrogen and oxygen atoms in total. The molecule has 0 aromatic heterocycles. The van der Waals surface area contributed by atoms with Crippen LogP contribution in [0.1, 0.15) is 46.0 Å². The van der Waals surface area contributed by atoms with Crippen molar-refractivity contribution in [2.45, 2.75) is 57.5 Å². The molecule has 1 atom stereocenters. The van der Waals surface area contributed by atoms with Crippen LogP contribution >= 0.6 is 0 Å². The molecule has 3 heteroatoms. The molecule has 0 bridgehead atoms. The smallest absolute Gasteiger partial charge is 0.240 e. The van der Waals surface area contributed by atoms with Crippen molar-refractivity contribution >= 4 is 5.91 Å². The lowest BCUT2D eigenvalue weighted by Gasteiger charge is -2.35. The van der Waals surface area contributed by atoms with Crippen LogP contribution in [0.2, 0.25) is 0 Å². The van der Waals surface area contributed by atoms with Crippen molar-refractivity contribution in [1.29, 1.82) is 0 Å². The van der Waals surface area contributed by atoms with E-state index >= 15 is 0 Å². The first-order valence-electron chi connectivity index (χ1n) is 6.16. The predicted octanol–water partition coefficient (Wildman–Crippen LogP) is 1.53. The summed E-state index contributed by atoms with van der Waals surface area (Å²) in [6.45, 7) is 6.32. The highest BCUT2D eigenvalue weighted by atomic mass is 16.2. The molecule has 0 aromatic carbocycles. The van der Waals surface area contributed by atoms with Crippen LogP contribution in [0.4, 0.5) is 0 Å². The minimum absolute atomic E-state index is 0.0796. The van der Waals surface area contributed by atoms with Crippen molar-refractivity contribution in [2.24, 2.45) is 0 Å². The molecule has 0 aliphatic carbocycles. The molecule has 2 heterocycles. The lowest BCUT2D eigenvalue weighted by Crippen LogP contribution is -2.53. The first kappa shape index (κ1) is 10.9. The number of likely N-dealkylation sites (tertiary alicyclic amines) is 1. The van der Waals surface area contributed by atoms with E-state index in [0.717, 1.165) is 32.4 Å². The van der Waals surface area contributed by atoms with Gasteiger partial charge in [0.25, 0.3) is 0 Å². The third-order valence-electron chi connectivity index (χ3n) is 3.78. The second-order valence-corrected chi connectivity index (χ2v) is 5.41. The van der Waals surface area contributed by atoms with E-state index in [-0.39, 0.29) is 11.6 Å². The molecule has 0 unspecified atom stereocenters. The minimum atomic E-state index is 0.0796. The zero-order valence-electron chi connectivity index (χ0n) is 9.88. The maximum atomic E-state index is 12.3. The fourth-order valence-electron chi connectivity index (χ4n) is 2.77. The van der Waals surface area contributed by atoms with Gasteiger partial charge in [-0.2, -0.15) is 0 Å². The quantitative estimate of drug-likeness (QED) is 0.712. The van der Waals surface area contributed by atoms with Crippen LogP contribution in [0.5, 0.6) is 0 Å². The largest absolute Gasteiger partial charge is 0.336 e. The number of rotatable bonds is 1. The number of nitrogens with zero attached hydrogens (tertiary/aromatic N) is 1. The normalized spacial score (nSPS) is 30.5. The third-order valence-corrected chi connectivity index (χ3v) is 3.78. The summed E-state index contributed by atoms with van der Waals surface area (Å²) in [5, 5.41) is 3.34. The summed E-state index contributed by atoms with van der Waals surface area (Å²) in [6, 6.07) is 0.0936. The molecule has 2 saturated heterocycles. The molecule has 1 N–H and O–H groups in total. The molecule has 1 amide bonds. The van der Waals surface area contributed by atoms with Crippen LogP contribution < -0.4 is 5.32 Å². The molecular weight excluding hydrogens is 188 g/mol. The number of carbonyl (C=O) groups excluding carboxylic acids is 1. The maximum absolute atomic E-state index is 12.3. The summed E-state index contributed by atoms with van der Waals surface area (Å²) in [5.74, 6) is 0.331. The fraction of sp³-hybridized carbons (Fsp3) is 0.917. The number of piperidine rings is 1. The third kappa shape index (κ3) is 2.17. The Morgan fingerprint density at radius 2 is 2.13 bits per heavy atom. The summed E-state index contributed by atoms with van der Waals surface area (Å²) < 4.78 is 0. The Balaban J connectivity index is 2.00. The second kappa shape index (κ2) is 4.12. The molecule has 0 saturated carbocycles. The molecule has 0 aromatic rings. The molecule has 0 spiro atoms. The van der Waals surface area contributed by atoms with Crippen LogP contribution in [-0.4, -0.2) is 35.5 Å². The molecule has 15 heavy (non-hydrogen) atoms. The Labute approximate surface area is 92.2 Å². The zero-order chi connectivity index (χ0) is 10.9. The average Bonchev–Trinajstić information content (AvgIpc) is 2.58. The van der Waals surface area contributed by atoms with Gasteiger partial charge in [-0.05, 0) is 46.1 Å².